The zero-order valence-electron chi connectivity index (χ0n) is 4.96. The molecular weight excluding hydrogens is 184 g/mol. The fourth-order valence-electron chi connectivity index (χ4n) is 0.205. The Morgan fingerprint density at radius 3 is 1.80 bits per heavy atom. The molecule has 7 nitrogen and oxygen atoms in total. The summed E-state index contributed by atoms with van der Waals surface area (Å²) in [6.07, 6.45) is 0. The SMILES string of the molecule is COP(=O)(O)NP(=O)(O)O. The van der Waals surface area contributed by atoms with Crippen molar-refractivity contribution in [3.8, 4) is 0 Å². The molecule has 0 rings (SSSR count). The van der Waals surface area contributed by atoms with Crippen molar-refractivity contribution in [2.75, 3.05) is 7.11 Å². The van der Waals surface area contributed by atoms with E-state index in [0.29, 0.717) is 0 Å². The third-order valence-electron chi connectivity index (χ3n) is 0.504. The van der Waals surface area contributed by atoms with Gasteiger partial charge in [0.15, 0.2) is 0 Å². The van der Waals surface area contributed by atoms with Gasteiger partial charge in [-0.2, -0.15) is 0 Å². The lowest BCUT2D eigenvalue weighted by molar-refractivity contribution is 0.300. The molecule has 1 unspecified atom stereocenters. The van der Waals surface area contributed by atoms with Gasteiger partial charge in [0.05, 0.1) is 0 Å². The minimum Gasteiger partial charge on any atom is -0.312 e. The third-order valence-corrected chi connectivity index (χ3v) is 3.05. The Morgan fingerprint density at radius 1 is 1.30 bits per heavy atom. The Bertz CT molecular complexity index is 194. The van der Waals surface area contributed by atoms with Gasteiger partial charge in [-0.15, -0.1) is 4.86 Å². The van der Waals surface area contributed by atoms with Crippen molar-refractivity contribution in [2.45, 2.75) is 0 Å². The predicted molar refractivity (Wildman–Crippen MR) is 32.0 cm³/mol. The van der Waals surface area contributed by atoms with E-state index in [2.05, 4.69) is 4.52 Å². The summed E-state index contributed by atoms with van der Waals surface area (Å²) < 4.78 is 24.1. The Balaban J connectivity index is 4.17. The van der Waals surface area contributed by atoms with Crippen molar-refractivity contribution >= 4 is 15.5 Å². The molecule has 0 amide bonds. The molecule has 0 aliphatic heterocycles. The zero-order chi connectivity index (χ0) is 8.41. The van der Waals surface area contributed by atoms with Crippen molar-refractivity contribution in [2.24, 2.45) is 0 Å². The van der Waals surface area contributed by atoms with E-state index in [1.165, 1.54) is 0 Å². The standard InChI is InChI=1S/CH7NO6P2/c1-8-10(6,7)2-9(3,4)5/h1H3,(H4,2,3,4,5,6,7). The van der Waals surface area contributed by atoms with E-state index in [-0.39, 0.29) is 0 Å². The molecule has 1 atom stereocenters. The molecule has 0 spiro atoms. The third kappa shape index (κ3) is 5.08. The Labute approximate surface area is 56.8 Å². The topological polar surface area (TPSA) is 116 Å². The second kappa shape index (κ2) is 3.11. The number of hydrogen-bond donors (Lipinski definition) is 4. The minimum atomic E-state index is -4.69. The van der Waals surface area contributed by atoms with Crippen molar-refractivity contribution in [1.29, 1.82) is 0 Å². The van der Waals surface area contributed by atoms with Crippen LogP contribution in [-0.2, 0) is 13.7 Å². The van der Waals surface area contributed by atoms with Crippen LogP contribution in [0.25, 0.3) is 0 Å². The van der Waals surface area contributed by atoms with Crippen LogP contribution < -0.4 is 4.86 Å². The monoisotopic (exact) mass is 191 g/mol. The molecular formula is CH7NO6P2. The summed E-state index contributed by atoms with van der Waals surface area (Å²) in [5.74, 6) is 0. The van der Waals surface area contributed by atoms with E-state index in [9.17, 15) is 9.13 Å². The van der Waals surface area contributed by atoms with Gasteiger partial charge in [0.2, 0.25) is 0 Å². The summed E-state index contributed by atoms with van der Waals surface area (Å²) in [5, 5.41) is 0. The molecule has 0 bridgehead atoms. The van der Waals surface area contributed by atoms with Crippen LogP contribution in [-0.4, -0.2) is 21.8 Å². The summed E-state index contributed by atoms with van der Waals surface area (Å²) in [6, 6.07) is 0. The molecule has 0 aromatic carbocycles. The van der Waals surface area contributed by atoms with E-state index in [1.54, 1.807) is 0 Å². The predicted octanol–water partition coefficient (Wildman–Crippen LogP) is -0.585. The highest BCUT2D eigenvalue weighted by Gasteiger charge is 2.27. The van der Waals surface area contributed by atoms with Crippen LogP contribution in [0.4, 0.5) is 0 Å². The van der Waals surface area contributed by atoms with Gasteiger partial charge >= 0.3 is 15.5 Å². The lowest BCUT2D eigenvalue weighted by Crippen LogP contribution is -2.06. The number of nitrogens with one attached hydrogen (secondary N) is 1. The lowest BCUT2D eigenvalue weighted by Gasteiger charge is -2.10. The van der Waals surface area contributed by atoms with Crippen molar-refractivity contribution in [3.63, 3.8) is 0 Å². The van der Waals surface area contributed by atoms with E-state index in [1.807, 2.05) is 0 Å². The van der Waals surface area contributed by atoms with Gasteiger partial charge in [0.25, 0.3) is 0 Å². The molecule has 0 aromatic heterocycles. The molecule has 0 radical (unpaired) electrons. The molecule has 10 heavy (non-hydrogen) atoms. The normalized spacial score (nSPS) is 18.4. The summed E-state index contributed by atoms with van der Waals surface area (Å²) in [5.41, 5.74) is 0. The van der Waals surface area contributed by atoms with Gasteiger partial charge in [-0.1, -0.05) is 0 Å². The summed E-state index contributed by atoms with van der Waals surface area (Å²) in [4.78, 5) is 25.6. The van der Waals surface area contributed by atoms with Gasteiger partial charge in [0, 0.05) is 7.11 Å². The average Bonchev–Trinajstić information content (AvgIpc) is 1.60. The molecule has 4 N–H and O–H groups in total. The maximum Gasteiger partial charge on any atom is 0.412 e. The maximum absolute atomic E-state index is 10.3. The molecule has 0 aliphatic carbocycles. The quantitative estimate of drug-likeness (QED) is 0.440. The Morgan fingerprint density at radius 2 is 1.70 bits per heavy atom. The first-order valence-corrected chi connectivity index (χ1v) is 5.19. The van der Waals surface area contributed by atoms with Gasteiger partial charge in [-0.3, -0.25) is 4.52 Å². The first-order chi connectivity index (χ1) is 4.27. The second-order valence-electron chi connectivity index (χ2n) is 1.35. The molecule has 62 valence electrons. The molecule has 9 heteroatoms. The van der Waals surface area contributed by atoms with E-state index >= 15 is 0 Å². The molecule has 0 saturated heterocycles. The Hall–Kier alpha value is 0.260. The van der Waals surface area contributed by atoms with Crippen LogP contribution in [0.15, 0.2) is 0 Å². The second-order valence-corrected chi connectivity index (χ2v) is 4.64. The first kappa shape index (κ1) is 10.3. The van der Waals surface area contributed by atoms with Crippen LogP contribution >= 0.6 is 15.5 Å². The van der Waals surface area contributed by atoms with Crippen LogP contribution in [0.1, 0.15) is 0 Å². The van der Waals surface area contributed by atoms with Crippen LogP contribution in [0.5, 0.6) is 0 Å². The highest BCUT2D eigenvalue weighted by molar-refractivity contribution is 7.66. The number of hydrogen-bond acceptors (Lipinski definition) is 3. The van der Waals surface area contributed by atoms with Gasteiger partial charge in [-0.05, 0) is 0 Å². The first-order valence-electron chi connectivity index (χ1n) is 2.00. The summed E-state index contributed by atoms with van der Waals surface area (Å²) >= 11 is 0. The van der Waals surface area contributed by atoms with Gasteiger partial charge in [0.1, 0.15) is 0 Å². The molecule has 0 aliphatic rings. The maximum atomic E-state index is 10.3. The van der Waals surface area contributed by atoms with Crippen LogP contribution in [0, 0.1) is 0 Å². The van der Waals surface area contributed by atoms with Crippen molar-refractivity contribution < 1.29 is 28.3 Å². The molecule has 0 fully saturated rings. The highest BCUT2D eigenvalue weighted by Crippen LogP contribution is 2.47. The largest absolute Gasteiger partial charge is 0.412 e. The van der Waals surface area contributed by atoms with Gasteiger partial charge in [-0.25, -0.2) is 9.13 Å². The minimum absolute atomic E-state index is 0.851. The van der Waals surface area contributed by atoms with Crippen LogP contribution in [0.2, 0.25) is 0 Å². The average molecular weight is 191 g/mol. The fraction of sp³-hybridized carbons (Fsp3) is 1.00. The van der Waals surface area contributed by atoms with E-state index < -0.39 is 15.5 Å². The molecule has 0 heterocycles. The Kier molecular flexibility index (Phi) is 3.19. The molecule has 0 saturated carbocycles. The fourth-order valence-corrected chi connectivity index (χ4v) is 1.85. The highest BCUT2D eigenvalue weighted by atomic mass is 31.3. The number of rotatable bonds is 3. The molecule has 0 aromatic rings. The summed E-state index contributed by atoms with van der Waals surface area (Å²) in [7, 11) is -8.15. The van der Waals surface area contributed by atoms with Gasteiger partial charge < -0.3 is 14.7 Å². The summed E-state index contributed by atoms with van der Waals surface area (Å²) in [6.45, 7) is 0. The smallest absolute Gasteiger partial charge is 0.312 e. The van der Waals surface area contributed by atoms with Crippen LogP contribution in [0.3, 0.4) is 0 Å². The van der Waals surface area contributed by atoms with E-state index in [4.69, 9.17) is 14.7 Å². The lowest BCUT2D eigenvalue weighted by atomic mass is 11.8. The van der Waals surface area contributed by atoms with E-state index in [0.717, 1.165) is 12.0 Å². The zero-order valence-corrected chi connectivity index (χ0v) is 6.75. The van der Waals surface area contributed by atoms with Crippen molar-refractivity contribution in [3.05, 3.63) is 0 Å². The van der Waals surface area contributed by atoms with Crippen molar-refractivity contribution in [1.82, 2.24) is 4.86 Å².